The van der Waals surface area contributed by atoms with E-state index < -0.39 is 18.0 Å². The molecule has 4 aromatic carbocycles. The van der Waals surface area contributed by atoms with E-state index >= 15 is 4.39 Å². The molecule has 0 fully saturated rings. The highest BCUT2D eigenvalue weighted by atomic mass is 35.5. The summed E-state index contributed by atoms with van der Waals surface area (Å²) in [6.45, 7) is 0.908. The smallest absolute Gasteiger partial charge is 0.490 e. The highest BCUT2D eigenvalue weighted by Gasteiger charge is 2.38. The van der Waals surface area contributed by atoms with Gasteiger partial charge >= 0.3 is 12.1 Å². The number of anilines is 3. The lowest BCUT2D eigenvalue weighted by molar-refractivity contribution is -0.192. The number of carboxylic acids is 1. The van der Waals surface area contributed by atoms with Gasteiger partial charge in [0.1, 0.15) is 17.3 Å². The summed E-state index contributed by atoms with van der Waals surface area (Å²) in [5.41, 5.74) is 11.2. The Morgan fingerprint density at radius 2 is 1.68 bits per heavy atom. The molecule has 2 heterocycles. The monoisotopic (exact) mass is 873 g/mol. The topological polar surface area (TPSA) is 190 Å². The van der Waals surface area contributed by atoms with Crippen molar-refractivity contribution in [3.05, 3.63) is 124 Å². The van der Waals surface area contributed by atoms with Gasteiger partial charge in [0.25, 0.3) is 5.91 Å². The minimum absolute atomic E-state index is 0.0821. The molecule has 0 radical (unpaired) electrons. The van der Waals surface area contributed by atoms with Gasteiger partial charge < -0.3 is 36.3 Å². The van der Waals surface area contributed by atoms with E-state index in [0.29, 0.717) is 87.7 Å². The summed E-state index contributed by atoms with van der Waals surface area (Å²) in [4.78, 5) is 48.5. The lowest BCUT2D eigenvalue weighted by Gasteiger charge is -2.15. The molecule has 2 amide bonds. The zero-order chi connectivity index (χ0) is 44.8. The third-order valence-corrected chi connectivity index (χ3v) is 9.22. The number of halogens is 5. The fourth-order valence-electron chi connectivity index (χ4n) is 6.12. The molecule has 62 heavy (non-hydrogen) atoms. The van der Waals surface area contributed by atoms with Crippen LogP contribution in [0.15, 0.2) is 90.1 Å². The maximum Gasteiger partial charge on any atom is 0.490 e. The van der Waals surface area contributed by atoms with Gasteiger partial charge in [-0.25, -0.2) is 19.2 Å². The number of aliphatic carboxylic acids is 1. The number of hydrogen-bond acceptors (Lipinski definition) is 10. The maximum atomic E-state index is 15.3. The van der Waals surface area contributed by atoms with Crippen LogP contribution in [0.5, 0.6) is 11.5 Å². The van der Waals surface area contributed by atoms with Crippen molar-refractivity contribution in [1.82, 2.24) is 15.3 Å². The van der Waals surface area contributed by atoms with Crippen LogP contribution in [0, 0.1) is 17.7 Å². The van der Waals surface area contributed by atoms with E-state index in [1.165, 1.54) is 20.3 Å². The standard InChI is InChI=1S/C42H39ClFN7O4.C2HF3O2/c1-54-35-13-7-12-34(44)38(35)40-33-22-28(43)15-17-31(33)39-27(24-47-40)25-48-42(51-39)50-30-16-18-32(36(23-30)55-2)41(53)46-20-5-3-4-14-37(52)49-29-11-6-9-26(21-29)10-8-19-45;3-2(4,5)1(6)7/h6-7,9,11-13,15-18,21-23,25H,3-5,14,19-20,24,45H2,1-2H3,(H,46,53)(H,49,52)(H,48,50,51);(H,6,7). The average Bonchev–Trinajstić information content (AvgIpc) is 3.39. The zero-order valence-corrected chi connectivity index (χ0v) is 34.1. The molecule has 0 atom stereocenters. The molecule has 6 N–H and O–H groups in total. The zero-order valence-electron chi connectivity index (χ0n) is 33.3. The molecular formula is C44H40ClF4N7O6. The summed E-state index contributed by atoms with van der Waals surface area (Å²) in [6.07, 6.45) is -0.896. The number of fused-ring (bicyclic) bond motifs is 3. The molecule has 18 heteroatoms. The number of carbonyl (C=O) groups is 3. The molecule has 13 nitrogen and oxygen atoms in total. The summed E-state index contributed by atoms with van der Waals surface area (Å²) in [7, 11) is 2.98. The number of aliphatic imine (C=N–C) groups is 1. The van der Waals surface area contributed by atoms with Crippen molar-refractivity contribution in [3.63, 3.8) is 0 Å². The molecular weight excluding hydrogens is 834 g/mol. The van der Waals surface area contributed by atoms with Crippen LogP contribution in [-0.4, -0.2) is 72.1 Å². The third kappa shape index (κ3) is 12.3. The van der Waals surface area contributed by atoms with E-state index in [9.17, 15) is 22.8 Å². The lowest BCUT2D eigenvalue weighted by Crippen LogP contribution is -2.25. The molecule has 0 saturated carbocycles. The molecule has 5 aromatic rings. The Balaban J connectivity index is 0.000000955. The van der Waals surface area contributed by atoms with Crippen LogP contribution in [0.2, 0.25) is 5.02 Å². The minimum Gasteiger partial charge on any atom is -0.496 e. The van der Waals surface area contributed by atoms with Crippen molar-refractivity contribution in [2.24, 2.45) is 10.7 Å². The summed E-state index contributed by atoms with van der Waals surface area (Å²) in [5, 5.41) is 16.6. The number of amides is 2. The van der Waals surface area contributed by atoms with Crippen molar-refractivity contribution in [2.75, 3.05) is 37.9 Å². The first-order valence-corrected chi connectivity index (χ1v) is 19.3. The highest BCUT2D eigenvalue weighted by molar-refractivity contribution is 6.31. The molecule has 0 aliphatic carbocycles. The number of carboxylic acid groups (broad SMARTS) is 1. The average molecular weight is 874 g/mol. The predicted octanol–water partition coefficient (Wildman–Crippen LogP) is 7.92. The molecule has 0 saturated heterocycles. The van der Waals surface area contributed by atoms with Crippen LogP contribution in [-0.2, 0) is 16.1 Å². The Hall–Kier alpha value is -7.03. The van der Waals surface area contributed by atoms with Gasteiger partial charge in [-0.2, -0.15) is 13.2 Å². The number of unbranched alkanes of at least 4 members (excludes halogenated alkanes) is 2. The number of nitrogens with two attached hydrogens (primary N) is 1. The molecule has 0 spiro atoms. The van der Waals surface area contributed by atoms with Crippen LogP contribution in [0.3, 0.4) is 0 Å². The molecule has 6 rings (SSSR count). The van der Waals surface area contributed by atoms with Gasteiger partial charge in [-0.1, -0.05) is 48.1 Å². The van der Waals surface area contributed by atoms with E-state index in [1.807, 2.05) is 30.3 Å². The number of benzene rings is 4. The van der Waals surface area contributed by atoms with Gasteiger partial charge in [-0.05, 0) is 67.4 Å². The summed E-state index contributed by atoms with van der Waals surface area (Å²) in [5.74, 6) is 3.17. The van der Waals surface area contributed by atoms with Crippen molar-refractivity contribution in [1.29, 1.82) is 0 Å². The first-order chi connectivity index (χ1) is 29.7. The largest absolute Gasteiger partial charge is 0.496 e. The second kappa shape index (κ2) is 21.5. The van der Waals surface area contributed by atoms with E-state index in [1.54, 1.807) is 48.7 Å². The summed E-state index contributed by atoms with van der Waals surface area (Å²) < 4.78 is 58.1. The Bertz CT molecular complexity index is 2540. The Morgan fingerprint density at radius 3 is 2.40 bits per heavy atom. The maximum absolute atomic E-state index is 15.3. The van der Waals surface area contributed by atoms with Crippen molar-refractivity contribution < 1.29 is 46.5 Å². The van der Waals surface area contributed by atoms with Gasteiger partial charge in [0, 0.05) is 63.9 Å². The first-order valence-electron chi connectivity index (χ1n) is 18.9. The first kappa shape index (κ1) is 46.0. The second-order valence-corrected chi connectivity index (χ2v) is 13.7. The normalized spacial score (nSPS) is 11.5. The van der Waals surface area contributed by atoms with Crippen molar-refractivity contribution >= 4 is 52.4 Å². The van der Waals surface area contributed by atoms with E-state index in [0.717, 1.165) is 17.5 Å². The Kier molecular flexibility index (Phi) is 15.9. The predicted molar refractivity (Wildman–Crippen MR) is 227 cm³/mol. The number of nitrogens with zero attached hydrogens (tertiary/aromatic N) is 3. The van der Waals surface area contributed by atoms with Crippen molar-refractivity contribution in [3.8, 4) is 34.6 Å². The number of carbonyl (C=O) groups excluding carboxylic acids is 2. The van der Waals surface area contributed by atoms with Gasteiger partial charge in [-0.3, -0.25) is 14.6 Å². The molecule has 1 aromatic heterocycles. The number of rotatable bonds is 13. The summed E-state index contributed by atoms with van der Waals surface area (Å²) >= 11 is 6.44. The highest BCUT2D eigenvalue weighted by Crippen LogP contribution is 2.36. The summed E-state index contributed by atoms with van der Waals surface area (Å²) in [6, 6.07) is 22.4. The van der Waals surface area contributed by atoms with Gasteiger partial charge in [0.2, 0.25) is 11.9 Å². The quantitative estimate of drug-likeness (QED) is 0.0442. The number of hydrogen-bond donors (Lipinski definition) is 5. The minimum atomic E-state index is -5.08. The molecule has 0 bridgehead atoms. The lowest BCUT2D eigenvalue weighted by atomic mass is 9.94. The van der Waals surface area contributed by atoms with E-state index in [4.69, 9.17) is 46.7 Å². The second-order valence-electron chi connectivity index (χ2n) is 13.3. The van der Waals surface area contributed by atoms with Crippen molar-refractivity contribution in [2.45, 2.75) is 38.4 Å². The SMILES string of the molecule is COc1cc(Nc2ncc3c(n2)-c2ccc(Cl)cc2C(c2c(F)cccc2OC)=NC3)ccc1C(=O)NCCCCCC(=O)Nc1cccc(C#CCN)c1.O=C(O)C(F)(F)F. The molecule has 322 valence electrons. The Labute approximate surface area is 358 Å². The van der Waals surface area contributed by atoms with Crippen LogP contribution in [0.4, 0.5) is 34.9 Å². The fourth-order valence-corrected chi connectivity index (χ4v) is 6.30. The van der Waals surface area contributed by atoms with E-state index in [-0.39, 0.29) is 30.5 Å². The van der Waals surface area contributed by atoms with Crippen LogP contribution in [0.1, 0.15) is 58.3 Å². The van der Waals surface area contributed by atoms with Gasteiger partial charge in [0.05, 0.1) is 49.8 Å². The Morgan fingerprint density at radius 1 is 0.919 bits per heavy atom. The number of methoxy groups -OCH3 is 2. The van der Waals surface area contributed by atoms with Crippen LogP contribution >= 0.6 is 11.6 Å². The molecule has 0 unspecified atom stereocenters. The van der Waals surface area contributed by atoms with E-state index in [2.05, 4.69) is 32.8 Å². The third-order valence-electron chi connectivity index (χ3n) is 8.99. The van der Waals surface area contributed by atoms with Gasteiger partial charge in [0.15, 0.2) is 0 Å². The van der Waals surface area contributed by atoms with Crippen LogP contribution < -0.4 is 31.2 Å². The molecule has 1 aliphatic rings. The number of aromatic nitrogens is 2. The number of ether oxygens (including phenoxy) is 2. The number of nitrogens with one attached hydrogen (secondary N) is 3. The van der Waals surface area contributed by atoms with Crippen LogP contribution in [0.25, 0.3) is 11.3 Å². The fraction of sp³-hybridized carbons (Fsp3) is 0.227. The molecule has 1 aliphatic heterocycles. The number of alkyl halides is 3. The van der Waals surface area contributed by atoms with Gasteiger partial charge in [-0.15, -0.1) is 0 Å².